The molecule has 2 amide bonds. The molecule has 2 aromatic rings. The summed E-state index contributed by atoms with van der Waals surface area (Å²) >= 11 is 5.99. The number of carbonyl (C=O) groups is 2. The van der Waals surface area contributed by atoms with Gasteiger partial charge in [-0.1, -0.05) is 48.0 Å². The number of hydrogen-bond acceptors (Lipinski definition) is 3. The maximum atomic E-state index is 12.7. The van der Waals surface area contributed by atoms with Crippen molar-refractivity contribution in [2.45, 2.75) is 18.9 Å². The van der Waals surface area contributed by atoms with Crippen LogP contribution in [0.2, 0.25) is 5.02 Å². The summed E-state index contributed by atoms with van der Waals surface area (Å²) in [5.41, 5.74) is 7.72. The summed E-state index contributed by atoms with van der Waals surface area (Å²) in [5.74, 6) is -0.0174. The molecule has 2 aromatic carbocycles. The molecule has 1 atom stereocenters. The van der Waals surface area contributed by atoms with Crippen LogP contribution < -0.4 is 5.73 Å². The first-order valence-corrected chi connectivity index (χ1v) is 9.55. The van der Waals surface area contributed by atoms with E-state index in [2.05, 4.69) is 0 Å². The van der Waals surface area contributed by atoms with Crippen molar-refractivity contribution in [1.29, 1.82) is 0 Å². The average molecular weight is 386 g/mol. The fourth-order valence-corrected chi connectivity index (χ4v) is 3.50. The second-order valence-corrected chi connectivity index (χ2v) is 7.19. The Hall–Kier alpha value is -2.37. The summed E-state index contributed by atoms with van der Waals surface area (Å²) in [5, 5.41) is 0.544. The molecule has 142 valence electrons. The molecular weight excluding hydrogens is 362 g/mol. The van der Waals surface area contributed by atoms with E-state index in [-0.39, 0.29) is 24.3 Å². The third-order valence-electron chi connectivity index (χ3n) is 4.83. The van der Waals surface area contributed by atoms with Crippen LogP contribution in [0.25, 0.3) is 0 Å². The van der Waals surface area contributed by atoms with E-state index in [4.69, 9.17) is 17.3 Å². The Morgan fingerprint density at radius 3 is 2.41 bits per heavy atom. The van der Waals surface area contributed by atoms with Crippen molar-refractivity contribution in [3.8, 4) is 0 Å². The van der Waals surface area contributed by atoms with E-state index in [0.717, 1.165) is 12.0 Å². The number of halogens is 1. The zero-order chi connectivity index (χ0) is 19.2. The molecule has 0 bridgehead atoms. The molecule has 1 heterocycles. The van der Waals surface area contributed by atoms with Crippen molar-refractivity contribution in [3.05, 3.63) is 70.7 Å². The molecule has 0 saturated carbocycles. The van der Waals surface area contributed by atoms with Crippen LogP contribution in [0.5, 0.6) is 0 Å². The molecule has 1 fully saturated rings. The minimum Gasteiger partial charge on any atom is -0.341 e. The molecule has 0 radical (unpaired) electrons. The van der Waals surface area contributed by atoms with Crippen LogP contribution >= 0.6 is 11.6 Å². The minimum absolute atomic E-state index is 0.0309. The van der Waals surface area contributed by atoms with Crippen LogP contribution in [0.1, 0.15) is 34.8 Å². The predicted octanol–water partition coefficient (Wildman–Crippen LogP) is 3.10. The zero-order valence-electron chi connectivity index (χ0n) is 15.2. The Labute approximate surface area is 164 Å². The van der Waals surface area contributed by atoms with Crippen LogP contribution in [0.4, 0.5) is 0 Å². The molecule has 0 spiro atoms. The van der Waals surface area contributed by atoms with Gasteiger partial charge in [-0.15, -0.1) is 0 Å². The predicted molar refractivity (Wildman–Crippen MR) is 107 cm³/mol. The van der Waals surface area contributed by atoms with E-state index in [9.17, 15) is 9.59 Å². The third kappa shape index (κ3) is 5.08. The molecule has 6 heteroatoms. The van der Waals surface area contributed by atoms with Crippen molar-refractivity contribution in [2.24, 2.45) is 5.73 Å². The molecule has 1 unspecified atom stereocenters. The number of hydrogen-bond donors (Lipinski definition) is 1. The van der Waals surface area contributed by atoms with Crippen molar-refractivity contribution < 1.29 is 9.59 Å². The first-order chi connectivity index (χ1) is 13.0. The quantitative estimate of drug-likeness (QED) is 0.879. The Bertz CT molecular complexity index is 797. The lowest BCUT2D eigenvalue weighted by Gasteiger charge is -2.23. The van der Waals surface area contributed by atoms with E-state index in [1.165, 1.54) is 0 Å². The van der Waals surface area contributed by atoms with Gasteiger partial charge in [0, 0.05) is 49.2 Å². The fraction of sp³-hybridized carbons (Fsp3) is 0.333. The highest BCUT2D eigenvalue weighted by molar-refractivity contribution is 6.30. The average Bonchev–Trinajstić information content (AvgIpc) is 2.94. The molecule has 2 N–H and O–H groups in total. The lowest BCUT2D eigenvalue weighted by molar-refractivity contribution is -0.131. The number of nitrogens with two attached hydrogens (primary N) is 1. The Morgan fingerprint density at radius 1 is 0.963 bits per heavy atom. The van der Waals surface area contributed by atoms with Gasteiger partial charge < -0.3 is 15.5 Å². The molecule has 5 nitrogen and oxygen atoms in total. The van der Waals surface area contributed by atoms with Gasteiger partial charge in [-0.2, -0.15) is 0 Å². The van der Waals surface area contributed by atoms with E-state index in [1.807, 2.05) is 35.2 Å². The Morgan fingerprint density at radius 2 is 1.67 bits per heavy atom. The molecule has 0 aromatic heterocycles. The van der Waals surface area contributed by atoms with Gasteiger partial charge in [0.05, 0.1) is 0 Å². The van der Waals surface area contributed by atoms with E-state index in [1.54, 1.807) is 29.2 Å². The summed E-state index contributed by atoms with van der Waals surface area (Å²) < 4.78 is 0. The maximum Gasteiger partial charge on any atom is 0.253 e. The highest BCUT2D eigenvalue weighted by Gasteiger charge is 2.24. The number of benzene rings is 2. The monoisotopic (exact) mass is 385 g/mol. The normalized spacial score (nSPS) is 15.9. The van der Waals surface area contributed by atoms with Gasteiger partial charge in [0.15, 0.2) is 0 Å². The first kappa shape index (κ1) is 19.4. The standard InChI is InChI=1S/C21H24ClN3O2/c22-18-9-4-8-17(14-18)21(27)25-11-5-10-24(12-13-25)20(26)15-19(23)16-6-2-1-3-7-16/h1-4,6-9,14,19H,5,10-13,15,23H2. The lowest BCUT2D eigenvalue weighted by Crippen LogP contribution is -2.38. The van der Waals surface area contributed by atoms with Crippen LogP contribution in [0.15, 0.2) is 54.6 Å². The first-order valence-electron chi connectivity index (χ1n) is 9.18. The van der Waals surface area contributed by atoms with Crippen molar-refractivity contribution in [1.82, 2.24) is 9.80 Å². The number of amides is 2. The molecule has 3 rings (SSSR count). The largest absolute Gasteiger partial charge is 0.341 e. The van der Waals surface area contributed by atoms with Crippen LogP contribution in [0, 0.1) is 0 Å². The highest BCUT2D eigenvalue weighted by Crippen LogP contribution is 2.17. The van der Waals surface area contributed by atoms with Gasteiger partial charge in [0.1, 0.15) is 0 Å². The Kier molecular flexibility index (Phi) is 6.48. The van der Waals surface area contributed by atoms with E-state index in [0.29, 0.717) is 36.8 Å². The van der Waals surface area contributed by atoms with E-state index < -0.39 is 0 Å². The van der Waals surface area contributed by atoms with Gasteiger partial charge in [-0.25, -0.2) is 0 Å². The number of rotatable bonds is 4. The van der Waals surface area contributed by atoms with Gasteiger partial charge in [0.25, 0.3) is 5.91 Å². The van der Waals surface area contributed by atoms with Crippen LogP contribution in [-0.4, -0.2) is 47.8 Å². The second-order valence-electron chi connectivity index (χ2n) is 6.76. The summed E-state index contributed by atoms with van der Waals surface area (Å²) in [6.07, 6.45) is 1.02. The van der Waals surface area contributed by atoms with E-state index >= 15 is 0 Å². The highest BCUT2D eigenvalue weighted by atomic mass is 35.5. The lowest BCUT2D eigenvalue weighted by atomic mass is 10.0. The zero-order valence-corrected chi connectivity index (χ0v) is 15.9. The summed E-state index contributed by atoms with van der Waals surface area (Å²) in [4.78, 5) is 28.9. The number of carbonyl (C=O) groups excluding carboxylic acids is 2. The summed E-state index contributed by atoms with van der Waals surface area (Å²) in [6.45, 7) is 2.30. The minimum atomic E-state index is -0.314. The second kappa shape index (κ2) is 9.02. The van der Waals surface area contributed by atoms with Gasteiger partial charge in [-0.3, -0.25) is 9.59 Å². The summed E-state index contributed by atoms with van der Waals surface area (Å²) in [6, 6.07) is 16.3. The molecule has 27 heavy (non-hydrogen) atoms. The van der Waals surface area contributed by atoms with Crippen LogP contribution in [0.3, 0.4) is 0 Å². The molecule has 1 saturated heterocycles. The van der Waals surface area contributed by atoms with Gasteiger partial charge in [0.2, 0.25) is 5.91 Å². The SMILES string of the molecule is NC(CC(=O)N1CCCN(C(=O)c2cccc(Cl)c2)CC1)c1ccccc1. The van der Waals surface area contributed by atoms with Crippen molar-refractivity contribution >= 4 is 23.4 Å². The maximum absolute atomic E-state index is 12.7. The van der Waals surface area contributed by atoms with Gasteiger partial charge >= 0.3 is 0 Å². The Balaban J connectivity index is 1.57. The summed E-state index contributed by atoms with van der Waals surface area (Å²) in [7, 11) is 0. The number of nitrogens with zero attached hydrogens (tertiary/aromatic N) is 2. The smallest absolute Gasteiger partial charge is 0.253 e. The molecule has 1 aliphatic heterocycles. The van der Waals surface area contributed by atoms with Crippen molar-refractivity contribution in [3.63, 3.8) is 0 Å². The fourth-order valence-electron chi connectivity index (χ4n) is 3.31. The van der Waals surface area contributed by atoms with Crippen LogP contribution in [-0.2, 0) is 4.79 Å². The molecule has 1 aliphatic rings. The van der Waals surface area contributed by atoms with Crippen molar-refractivity contribution in [2.75, 3.05) is 26.2 Å². The molecular formula is C21H24ClN3O2. The third-order valence-corrected chi connectivity index (χ3v) is 5.06. The molecule has 0 aliphatic carbocycles. The topological polar surface area (TPSA) is 66.6 Å². The van der Waals surface area contributed by atoms with Gasteiger partial charge in [-0.05, 0) is 30.2 Å².